The van der Waals surface area contributed by atoms with E-state index in [1.165, 1.54) is 20.8 Å². The van der Waals surface area contributed by atoms with Crippen molar-refractivity contribution < 1.29 is 127 Å². The van der Waals surface area contributed by atoms with Gasteiger partial charge in [-0.15, -0.1) is 0 Å². The van der Waals surface area contributed by atoms with E-state index in [1.807, 2.05) is 0 Å². The van der Waals surface area contributed by atoms with Gasteiger partial charge in [-0.25, -0.2) is 0 Å². The van der Waals surface area contributed by atoms with Gasteiger partial charge in [0.05, 0.1) is 37.6 Å². The molecule has 94 heavy (non-hydrogen) atoms. The lowest BCUT2D eigenvalue weighted by atomic mass is 9.95. The molecule has 6 saturated heterocycles. The Morgan fingerprint density at radius 2 is 0.862 bits per heavy atom. The monoisotopic (exact) mass is 1350 g/mol. The fourth-order valence-corrected chi connectivity index (χ4v) is 13.4. The first-order chi connectivity index (χ1) is 45.3. The van der Waals surface area contributed by atoms with E-state index in [1.54, 1.807) is 0 Å². The van der Waals surface area contributed by atoms with Crippen molar-refractivity contribution in [2.45, 2.75) is 400 Å². The van der Waals surface area contributed by atoms with Gasteiger partial charge in [-0.05, 0) is 52.9 Å². The van der Waals surface area contributed by atoms with Gasteiger partial charge in [-0.2, -0.15) is 0 Å². The van der Waals surface area contributed by atoms with Gasteiger partial charge in [0.25, 0.3) is 0 Å². The standard InChI is InChI=1S/C68H120O26/c1-7-10-13-15-17-18-22-26-32-37-48(73)90-63-62(94-65-54(79)51(76)49(74)44(38-69)86-65)59(92-64-55(80)53(78)57(40(4)82-64)88-46(71)35-30-25-20-16-14-11-8-2)42(6)84-68(63)91-58-41(5)83-66-61(56(58)81)89-47(72)36-31-27-23-19-21-24-29-34-43(33-28-12-9-3)85-67-60(93-66)52(77)50(75)45(39-70)87-67/h40-45,49-70,74-81H,7-39H2,1-6H3/t40-,41-,42-,43-,44+,45+,49+,50+,51-,52-,53-,54+,55+,56+,57-,58-,59-,60+,61+,62+,63+,64-,65-,66-,67+,68-/m0/s1. The van der Waals surface area contributed by atoms with E-state index in [4.69, 9.17) is 61.6 Å². The number of carbonyl (C=O) groups is 3. The fourth-order valence-electron chi connectivity index (χ4n) is 13.4. The van der Waals surface area contributed by atoms with E-state index < -0.39 is 185 Å². The Labute approximate surface area is 556 Å². The normalized spacial score (nSPS) is 39.1. The van der Waals surface area contributed by atoms with Gasteiger partial charge >= 0.3 is 17.9 Å². The molecular formula is C68H120O26. The van der Waals surface area contributed by atoms with Crippen molar-refractivity contribution in [1.29, 1.82) is 0 Å². The van der Waals surface area contributed by atoms with Crippen molar-refractivity contribution in [2.24, 2.45) is 0 Å². The minimum Gasteiger partial charge on any atom is -0.457 e. The molecule has 6 heterocycles. The Hall–Kier alpha value is -2.39. The van der Waals surface area contributed by atoms with Gasteiger partial charge in [0, 0.05) is 19.3 Å². The number of unbranched alkanes of at least 4 members (excludes halogenated alkanes) is 16. The number of hydrogen-bond donors (Lipinski definition) is 10. The maximum Gasteiger partial charge on any atom is 0.306 e. The first kappa shape index (κ1) is 80.6. The van der Waals surface area contributed by atoms with Crippen LogP contribution in [0, 0.1) is 0 Å². The van der Waals surface area contributed by atoms with Crippen LogP contribution in [0.15, 0.2) is 0 Å². The SMILES string of the molecule is CCCCCCCCCCCC(=O)O[C@H]1[C@H](O[C@@H]2[C@@H](O)[C@H]3OC(=O)CCCCCCCCC[C@H](CCCCC)O[C@@H]4O[C@H](CO)[C@@H](O)[C@H](O)[C@H]4O[C@@H]3O[C@H]2C)O[C@@H](C)[C@H](O[C@@H]2O[C@@H](C)[C@H](OC(=O)CCCCCCCCC)[C@@H](O)[C@H]2O)[C@H]1O[C@@H]1O[C@H](CO)[C@@H](O)[C@H](O)[C@H]1O. The van der Waals surface area contributed by atoms with Crippen LogP contribution in [0.3, 0.4) is 0 Å². The molecule has 0 saturated carbocycles. The van der Waals surface area contributed by atoms with Crippen LogP contribution in [-0.2, 0) is 76.0 Å². The van der Waals surface area contributed by atoms with Crippen molar-refractivity contribution in [2.75, 3.05) is 13.2 Å². The lowest BCUT2D eigenvalue weighted by molar-refractivity contribution is -0.400. The van der Waals surface area contributed by atoms with Gasteiger partial charge in [0.1, 0.15) is 85.5 Å². The molecule has 0 bridgehead atoms. The second-order valence-corrected chi connectivity index (χ2v) is 27.0. The Bertz CT molecular complexity index is 2100. The highest BCUT2D eigenvalue weighted by Gasteiger charge is 2.59. The van der Waals surface area contributed by atoms with Crippen LogP contribution in [0.5, 0.6) is 0 Å². The maximum absolute atomic E-state index is 14.4. The molecule has 0 aromatic carbocycles. The predicted molar refractivity (Wildman–Crippen MR) is 337 cm³/mol. The summed E-state index contributed by atoms with van der Waals surface area (Å²) in [4.78, 5) is 41.5. The summed E-state index contributed by atoms with van der Waals surface area (Å²) in [6, 6.07) is 0. The summed E-state index contributed by atoms with van der Waals surface area (Å²) in [6.45, 7) is 9.36. The van der Waals surface area contributed by atoms with Gasteiger partial charge in [-0.3, -0.25) is 14.4 Å². The molecule has 548 valence electrons. The fraction of sp³-hybridized carbons (Fsp3) is 0.956. The highest BCUT2D eigenvalue weighted by atomic mass is 16.8. The van der Waals surface area contributed by atoms with Crippen LogP contribution in [0.25, 0.3) is 0 Å². The molecule has 0 aliphatic carbocycles. The number of carbonyl (C=O) groups excluding carboxylic acids is 3. The molecule has 10 N–H and O–H groups in total. The molecule has 0 spiro atoms. The van der Waals surface area contributed by atoms with Gasteiger partial charge in [-0.1, -0.05) is 168 Å². The van der Waals surface area contributed by atoms with Gasteiger partial charge < -0.3 is 113 Å². The van der Waals surface area contributed by atoms with E-state index in [-0.39, 0.29) is 25.4 Å². The second kappa shape index (κ2) is 42.7. The molecule has 0 aromatic heterocycles. The first-order valence-electron chi connectivity index (χ1n) is 36.1. The van der Waals surface area contributed by atoms with Crippen molar-refractivity contribution in [3.8, 4) is 0 Å². The lowest BCUT2D eigenvalue weighted by Crippen LogP contribution is -2.68. The van der Waals surface area contributed by atoms with E-state index in [0.717, 1.165) is 141 Å². The number of aliphatic hydroxyl groups excluding tert-OH is 10. The molecule has 26 heteroatoms. The number of esters is 3. The topological polar surface area (TPSA) is 374 Å². The van der Waals surface area contributed by atoms with Crippen molar-refractivity contribution in [3.05, 3.63) is 0 Å². The molecule has 0 amide bonds. The van der Waals surface area contributed by atoms with Crippen LogP contribution in [0.2, 0.25) is 0 Å². The summed E-state index contributed by atoms with van der Waals surface area (Å²) in [7, 11) is 0. The molecule has 6 aliphatic rings. The summed E-state index contributed by atoms with van der Waals surface area (Å²) in [5, 5.41) is 113. The third-order valence-corrected chi connectivity index (χ3v) is 19.2. The van der Waals surface area contributed by atoms with Crippen molar-refractivity contribution >= 4 is 17.9 Å². The van der Waals surface area contributed by atoms with Gasteiger partial charge in [0.2, 0.25) is 0 Å². The highest BCUT2D eigenvalue weighted by Crippen LogP contribution is 2.40. The average molecular weight is 1350 g/mol. The summed E-state index contributed by atoms with van der Waals surface area (Å²) >= 11 is 0. The smallest absolute Gasteiger partial charge is 0.306 e. The molecule has 0 radical (unpaired) electrons. The number of aliphatic hydroxyl groups is 10. The van der Waals surface area contributed by atoms with E-state index in [9.17, 15) is 65.4 Å². The zero-order valence-electron chi connectivity index (χ0n) is 56.8. The summed E-state index contributed by atoms with van der Waals surface area (Å²) in [5.74, 6) is -2.12. The van der Waals surface area contributed by atoms with Crippen LogP contribution < -0.4 is 0 Å². The molecule has 0 aromatic rings. The number of ether oxygens (including phenoxy) is 13. The number of rotatable bonds is 32. The van der Waals surface area contributed by atoms with Crippen LogP contribution in [-0.4, -0.2) is 242 Å². The minimum absolute atomic E-state index is 0.0623. The quantitative estimate of drug-likeness (QED) is 0.0230. The van der Waals surface area contributed by atoms with E-state index in [0.29, 0.717) is 38.5 Å². The Morgan fingerprint density at radius 1 is 0.404 bits per heavy atom. The highest BCUT2D eigenvalue weighted by molar-refractivity contribution is 5.70. The van der Waals surface area contributed by atoms with E-state index >= 15 is 0 Å². The van der Waals surface area contributed by atoms with E-state index in [2.05, 4.69) is 20.8 Å². The molecule has 6 aliphatic heterocycles. The molecular weight excluding hydrogens is 1230 g/mol. The maximum atomic E-state index is 14.4. The summed E-state index contributed by atoms with van der Waals surface area (Å²) in [6.07, 6.45) is -16.7. The van der Waals surface area contributed by atoms with Crippen LogP contribution in [0.4, 0.5) is 0 Å². The van der Waals surface area contributed by atoms with Crippen molar-refractivity contribution in [3.63, 3.8) is 0 Å². The predicted octanol–water partition coefficient (Wildman–Crippen LogP) is 5.37. The third-order valence-electron chi connectivity index (χ3n) is 19.2. The van der Waals surface area contributed by atoms with Crippen molar-refractivity contribution in [1.82, 2.24) is 0 Å². The minimum atomic E-state index is -2.03. The lowest BCUT2D eigenvalue weighted by Gasteiger charge is -2.51. The zero-order chi connectivity index (χ0) is 68.3. The number of hydrogen-bond acceptors (Lipinski definition) is 26. The summed E-state index contributed by atoms with van der Waals surface area (Å²) < 4.78 is 82.3. The third kappa shape index (κ3) is 24.2. The Kier molecular flexibility index (Phi) is 36.6. The molecule has 0 unspecified atom stereocenters. The molecule has 26 atom stereocenters. The largest absolute Gasteiger partial charge is 0.457 e. The summed E-state index contributed by atoms with van der Waals surface area (Å²) in [5.41, 5.74) is 0. The average Bonchev–Trinajstić information content (AvgIpc) is 0.779. The van der Waals surface area contributed by atoms with Crippen LogP contribution in [0.1, 0.15) is 241 Å². The molecule has 6 rings (SSSR count). The van der Waals surface area contributed by atoms with Crippen LogP contribution >= 0.6 is 0 Å². The Balaban J connectivity index is 1.33. The first-order valence-corrected chi connectivity index (χ1v) is 36.1. The zero-order valence-corrected chi connectivity index (χ0v) is 56.8. The van der Waals surface area contributed by atoms with Gasteiger partial charge in [0.15, 0.2) is 49.8 Å². The number of fused-ring (bicyclic) bond motifs is 2. The molecule has 6 fully saturated rings. The second-order valence-electron chi connectivity index (χ2n) is 27.0. The Morgan fingerprint density at radius 3 is 1.47 bits per heavy atom. The molecule has 26 nitrogen and oxygen atoms in total.